The van der Waals surface area contributed by atoms with Gasteiger partial charge in [-0.3, -0.25) is 4.79 Å². The van der Waals surface area contributed by atoms with Crippen molar-refractivity contribution in [1.82, 2.24) is 25.0 Å². The summed E-state index contributed by atoms with van der Waals surface area (Å²) in [7, 11) is 1.75. The quantitative estimate of drug-likeness (QED) is 0.318. The Morgan fingerprint density at radius 2 is 2.12 bits per heavy atom. The molecule has 0 fully saturated rings. The number of nitrogens with zero attached hydrogens (tertiary/aromatic N) is 5. The maximum atomic E-state index is 13.2. The molecule has 4 rings (SSSR count). The predicted molar refractivity (Wildman–Crippen MR) is 130 cm³/mol. The summed E-state index contributed by atoms with van der Waals surface area (Å²) in [6.07, 6.45) is 3.13. The van der Waals surface area contributed by atoms with Crippen LogP contribution in [0.5, 0.6) is 0 Å². The lowest BCUT2D eigenvalue weighted by molar-refractivity contribution is 0.102. The van der Waals surface area contributed by atoms with Gasteiger partial charge in [-0.05, 0) is 45.8 Å². The van der Waals surface area contributed by atoms with E-state index in [4.69, 9.17) is 28.9 Å². The highest BCUT2D eigenvalue weighted by Gasteiger charge is 2.22. The van der Waals surface area contributed by atoms with Gasteiger partial charge in [-0.1, -0.05) is 34.5 Å². The first-order chi connectivity index (χ1) is 15.4. The van der Waals surface area contributed by atoms with Gasteiger partial charge in [0.05, 0.1) is 16.3 Å². The summed E-state index contributed by atoms with van der Waals surface area (Å²) < 4.78 is 1.76. The van der Waals surface area contributed by atoms with Crippen molar-refractivity contribution in [3.05, 3.63) is 62.4 Å². The van der Waals surface area contributed by atoms with E-state index >= 15 is 0 Å². The highest BCUT2D eigenvalue weighted by molar-refractivity contribution is 9.10. The molecule has 0 aliphatic carbocycles. The molecule has 164 valence electrons. The third-order valence-electron chi connectivity index (χ3n) is 4.38. The number of amides is 1. The van der Waals surface area contributed by atoms with E-state index in [1.807, 2.05) is 0 Å². The molecule has 1 aromatic carbocycles. The number of benzene rings is 1. The molecule has 0 aliphatic heterocycles. The van der Waals surface area contributed by atoms with Crippen LogP contribution in [0.3, 0.4) is 0 Å². The molecule has 3 aromatic heterocycles. The summed E-state index contributed by atoms with van der Waals surface area (Å²) in [6.45, 7) is 0.158. The van der Waals surface area contributed by atoms with Gasteiger partial charge in [-0.15, -0.1) is 10.2 Å². The van der Waals surface area contributed by atoms with Crippen LogP contribution in [-0.2, 0) is 6.54 Å². The van der Waals surface area contributed by atoms with Crippen molar-refractivity contribution in [1.29, 1.82) is 0 Å². The van der Waals surface area contributed by atoms with Crippen molar-refractivity contribution in [2.75, 3.05) is 17.7 Å². The number of anilines is 2. The SMILES string of the molecule is CNc1nnc(-c2cc(Cl)cc(CN)c2NC(=O)c2cn(-c3ncccc3Cl)nc2Br)s1. The number of pyridine rings is 1. The molecule has 4 N–H and O–H groups in total. The second-order valence-corrected chi connectivity index (χ2v) is 8.97. The first kappa shape index (κ1) is 22.6. The maximum absolute atomic E-state index is 13.2. The minimum Gasteiger partial charge on any atom is -0.363 e. The number of hydrogen-bond donors (Lipinski definition) is 3. The fourth-order valence-electron chi connectivity index (χ4n) is 2.91. The lowest BCUT2D eigenvalue weighted by Crippen LogP contribution is -2.15. The van der Waals surface area contributed by atoms with Gasteiger partial charge in [-0.2, -0.15) is 5.10 Å². The van der Waals surface area contributed by atoms with Crippen LogP contribution in [0.2, 0.25) is 10.0 Å². The monoisotopic (exact) mass is 552 g/mol. The first-order valence-electron chi connectivity index (χ1n) is 9.12. The van der Waals surface area contributed by atoms with E-state index in [0.29, 0.717) is 47.4 Å². The summed E-state index contributed by atoms with van der Waals surface area (Å²) in [5, 5.41) is 20.5. The minimum absolute atomic E-state index is 0.158. The van der Waals surface area contributed by atoms with Crippen LogP contribution in [0.25, 0.3) is 16.4 Å². The van der Waals surface area contributed by atoms with Crippen LogP contribution >= 0.6 is 50.5 Å². The second-order valence-electron chi connectivity index (χ2n) is 6.40. The molecular weight excluding hydrogens is 539 g/mol. The molecule has 1 amide bonds. The van der Waals surface area contributed by atoms with E-state index in [2.05, 4.69) is 46.8 Å². The summed E-state index contributed by atoms with van der Waals surface area (Å²) in [4.78, 5) is 17.4. The van der Waals surface area contributed by atoms with Gasteiger partial charge in [0.1, 0.15) is 4.60 Å². The molecule has 9 nitrogen and oxygen atoms in total. The number of halogens is 3. The van der Waals surface area contributed by atoms with E-state index in [1.165, 1.54) is 22.2 Å². The van der Waals surface area contributed by atoms with E-state index < -0.39 is 5.91 Å². The molecule has 13 heteroatoms. The summed E-state index contributed by atoms with van der Waals surface area (Å²) in [5.74, 6) is -0.0102. The molecule has 4 aromatic rings. The summed E-state index contributed by atoms with van der Waals surface area (Å²) >= 11 is 17.2. The molecular formula is C19H15BrCl2N8OS. The predicted octanol–water partition coefficient (Wildman–Crippen LogP) is 4.61. The Morgan fingerprint density at radius 1 is 1.31 bits per heavy atom. The molecule has 0 saturated carbocycles. The van der Waals surface area contributed by atoms with Gasteiger partial charge in [0.2, 0.25) is 5.13 Å². The zero-order chi connectivity index (χ0) is 22.8. The van der Waals surface area contributed by atoms with Crippen LogP contribution in [0.1, 0.15) is 15.9 Å². The Bertz CT molecular complexity index is 1310. The number of carbonyl (C=O) groups is 1. The topological polar surface area (TPSA) is 124 Å². The van der Waals surface area contributed by atoms with Crippen molar-refractivity contribution < 1.29 is 4.79 Å². The molecule has 0 radical (unpaired) electrons. The fraction of sp³-hybridized carbons (Fsp3) is 0.105. The van der Waals surface area contributed by atoms with Crippen molar-refractivity contribution in [3.63, 3.8) is 0 Å². The zero-order valence-corrected chi connectivity index (χ0v) is 20.3. The van der Waals surface area contributed by atoms with Crippen molar-refractivity contribution >= 4 is 67.2 Å². The summed E-state index contributed by atoms with van der Waals surface area (Å²) in [5.41, 5.74) is 7.98. The van der Waals surface area contributed by atoms with Gasteiger partial charge in [-0.25, -0.2) is 9.67 Å². The van der Waals surface area contributed by atoms with Crippen LogP contribution < -0.4 is 16.4 Å². The van der Waals surface area contributed by atoms with Crippen LogP contribution in [-0.4, -0.2) is 37.9 Å². The molecule has 0 aliphatic rings. The van der Waals surface area contributed by atoms with Gasteiger partial charge in [0, 0.05) is 36.6 Å². The van der Waals surface area contributed by atoms with Gasteiger partial charge >= 0.3 is 0 Å². The molecule has 3 heterocycles. The summed E-state index contributed by atoms with van der Waals surface area (Å²) in [6, 6.07) is 6.81. The second kappa shape index (κ2) is 9.51. The lowest BCUT2D eigenvalue weighted by Gasteiger charge is -2.14. The number of hydrogen-bond acceptors (Lipinski definition) is 8. The Hall–Kier alpha value is -2.57. The van der Waals surface area contributed by atoms with E-state index in [9.17, 15) is 4.79 Å². The number of rotatable bonds is 6. The standard InChI is InChI=1S/C19H15BrCl2N8OS/c1-24-19-28-27-18(32-19)11-6-10(21)5-9(7-23)14(11)26-17(31)12-8-30(29-15(12)20)16-13(22)3-2-4-25-16/h2-6,8H,7,23H2,1H3,(H,24,28)(H,26,31). The molecule has 32 heavy (non-hydrogen) atoms. The van der Waals surface area contributed by atoms with Crippen LogP contribution in [0.15, 0.2) is 41.3 Å². The highest BCUT2D eigenvalue weighted by Crippen LogP contribution is 2.37. The van der Waals surface area contributed by atoms with E-state index in [1.54, 1.807) is 37.5 Å². The average Bonchev–Trinajstić information content (AvgIpc) is 3.41. The molecule has 0 spiro atoms. The maximum Gasteiger partial charge on any atom is 0.260 e. The molecule has 0 saturated heterocycles. The molecule has 0 atom stereocenters. The van der Waals surface area contributed by atoms with Gasteiger partial charge < -0.3 is 16.4 Å². The fourth-order valence-corrected chi connectivity index (χ4v) is 4.54. The lowest BCUT2D eigenvalue weighted by atomic mass is 10.1. The zero-order valence-electron chi connectivity index (χ0n) is 16.4. The molecule has 0 bridgehead atoms. The number of carbonyl (C=O) groups excluding carboxylic acids is 1. The minimum atomic E-state index is -0.410. The Kier molecular flexibility index (Phi) is 6.72. The Morgan fingerprint density at radius 3 is 2.81 bits per heavy atom. The normalized spacial score (nSPS) is 10.9. The average molecular weight is 554 g/mol. The Labute approximate surface area is 205 Å². The van der Waals surface area contributed by atoms with E-state index in [-0.39, 0.29) is 12.1 Å². The number of nitrogens with one attached hydrogen (secondary N) is 2. The van der Waals surface area contributed by atoms with E-state index in [0.717, 1.165) is 0 Å². The van der Waals surface area contributed by atoms with Gasteiger partial charge in [0.15, 0.2) is 10.8 Å². The molecule has 0 unspecified atom stereocenters. The number of aromatic nitrogens is 5. The smallest absolute Gasteiger partial charge is 0.260 e. The van der Waals surface area contributed by atoms with Crippen molar-refractivity contribution in [2.45, 2.75) is 6.54 Å². The van der Waals surface area contributed by atoms with Crippen molar-refractivity contribution in [3.8, 4) is 16.4 Å². The number of nitrogens with two attached hydrogens (primary N) is 1. The first-order valence-corrected chi connectivity index (χ1v) is 11.5. The highest BCUT2D eigenvalue weighted by atomic mass is 79.9. The third kappa shape index (κ3) is 4.48. The Balaban J connectivity index is 1.73. The largest absolute Gasteiger partial charge is 0.363 e. The van der Waals surface area contributed by atoms with Crippen LogP contribution in [0, 0.1) is 0 Å². The van der Waals surface area contributed by atoms with Crippen molar-refractivity contribution in [2.24, 2.45) is 5.73 Å². The van der Waals surface area contributed by atoms with Crippen LogP contribution in [0.4, 0.5) is 10.8 Å². The third-order valence-corrected chi connectivity index (χ3v) is 6.46. The van der Waals surface area contributed by atoms with Gasteiger partial charge in [0.25, 0.3) is 5.91 Å².